The third kappa shape index (κ3) is 3.65. The Morgan fingerprint density at radius 3 is 2.40 bits per heavy atom. The molecule has 0 aliphatic rings. The Morgan fingerprint density at radius 2 is 1.80 bits per heavy atom. The van der Waals surface area contributed by atoms with Gasteiger partial charge in [0.2, 0.25) is 10.0 Å². The normalized spacial score (nSPS) is 12.9. The average Bonchev–Trinajstić information content (AvgIpc) is 2.87. The number of nitrogens with two attached hydrogens (primary N) is 1. The van der Waals surface area contributed by atoms with E-state index in [1.165, 1.54) is 0 Å². The number of pyridine rings is 1. The number of hydrogen-bond acceptors (Lipinski definition) is 3. The Balaban J connectivity index is 2.02. The van der Waals surface area contributed by atoms with Gasteiger partial charge in [-0.15, -0.1) is 0 Å². The van der Waals surface area contributed by atoms with Crippen molar-refractivity contribution in [1.82, 2.24) is 9.55 Å². The van der Waals surface area contributed by atoms with E-state index in [1.807, 2.05) is 61.0 Å². The lowest BCUT2D eigenvalue weighted by atomic mass is 10.1. The number of nitrogens with zero attached hydrogens (tertiary/aromatic N) is 2. The third-order valence-electron chi connectivity index (χ3n) is 4.39. The lowest BCUT2D eigenvalue weighted by Gasteiger charge is -2.16. The van der Waals surface area contributed by atoms with Crippen molar-refractivity contribution in [2.45, 2.75) is 18.6 Å². The maximum atomic E-state index is 12.2. The van der Waals surface area contributed by atoms with Crippen molar-refractivity contribution in [2.24, 2.45) is 12.2 Å². The Kier molecular flexibility index (Phi) is 4.74. The fourth-order valence-electron chi connectivity index (χ4n) is 3.18. The Morgan fingerprint density at radius 1 is 1.12 bits per heavy atom. The van der Waals surface area contributed by atoms with Gasteiger partial charge >= 0.3 is 0 Å². The number of rotatable bonds is 5. The molecular formula is C19H21N3O2S. The molecule has 0 saturated heterocycles. The minimum atomic E-state index is -3.73. The SMILES string of the molecule is Cc1cc(CC(c2ccccc2)S(N)(=O)=O)n(C)c1-c1ccccn1. The van der Waals surface area contributed by atoms with E-state index in [9.17, 15) is 8.42 Å². The summed E-state index contributed by atoms with van der Waals surface area (Å²) in [5.74, 6) is 0. The minimum absolute atomic E-state index is 0.313. The van der Waals surface area contributed by atoms with Crippen molar-refractivity contribution in [2.75, 3.05) is 0 Å². The molecule has 0 fully saturated rings. The second kappa shape index (κ2) is 6.82. The molecule has 2 heterocycles. The van der Waals surface area contributed by atoms with E-state index in [0.29, 0.717) is 12.0 Å². The molecule has 2 N–H and O–H groups in total. The number of aromatic nitrogens is 2. The van der Waals surface area contributed by atoms with Crippen LogP contribution in [-0.2, 0) is 23.5 Å². The molecule has 0 aliphatic heterocycles. The molecule has 1 aromatic carbocycles. The van der Waals surface area contributed by atoms with Gasteiger partial charge in [0.05, 0.1) is 11.4 Å². The van der Waals surface area contributed by atoms with Crippen LogP contribution < -0.4 is 5.14 Å². The van der Waals surface area contributed by atoms with Gasteiger partial charge in [-0.1, -0.05) is 36.4 Å². The summed E-state index contributed by atoms with van der Waals surface area (Å²) in [6, 6.07) is 16.9. The zero-order valence-electron chi connectivity index (χ0n) is 14.3. The molecule has 1 atom stereocenters. The van der Waals surface area contributed by atoms with E-state index in [1.54, 1.807) is 18.3 Å². The standard InChI is InChI=1S/C19H21N3O2S/c1-14-12-16(22(2)19(14)17-10-6-7-11-21-17)13-18(25(20,23)24)15-8-4-3-5-9-15/h3-12,18H,13H2,1-2H3,(H2,20,23,24). The van der Waals surface area contributed by atoms with Crippen molar-refractivity contribution in [3.63, 3.8) is 0 Å². The molecular weight excluding hydrogens is 334 g/mol. The van der Waals surface area contributed by atoms with E-state index >= 15 is 0 Å². The van der Waals surface area contributed by atoms with Gasteiger partial charge in [0.25, 0.3) is 0 Å². The van der Waals surface area contributed by atoms with Gasteiger partial charge in [-0.2, -0.15) is 0 Å². The van der Waals surface area contributed by atoms with Gasteiger partial charge in [-0.25, -0.2) is 13.6 Å². The number of aryl methyl sites for hydroxylation is 1. The first-order chi connectivity index (χ1) is 11.9. The third-order valence-corrected chi connectivity index (χ3v) is 5.62. The van der Waals surface area contributed by atoms with E-state index in [-0.39, 0.29) is 0 Å². The highest BCUT2D eigenvalue weighted by Crippen LogP contribution is 2.30. The van der Waals surface area contributed by atoms with Crippen LogP contribution in [0.1, 0.15) is 22.1 Å². The van der Waals surface area contributed by atoms with Crippen LogP contribution in [0.3, 0.4) is 0 Å². The highest BCUT2D eigenvalue weighted by molar-refractivity contribution is 7.89. The highest BCUT2D eigenvalue weighted by Gasteiger charge is 2.26. The van der Waals surface area contributed by atoms with Gasteiger partial charge in [0, 0.05) is 25.4 Å². The van der Waals surface area contributed by atoms with Gasteiger partial charge in [0.1, 0.15) is 5.25 Å². The second-order valence-electron chi connectivity index (χ2n) is 6.13. The van der Waals surface area contributed by atoms with Crippen LogP contribution in [0.5, 0.6) is 0 Å². The van der Waals surface area contributed by atoms with Gasteiger partial charge in [0.15, 0.2) is 0 Å². The fraction of sp³-hybridized carbons (Fsp3) is 0.211. The van der Waals surface area contributed by atoms with Crippen LogP contribution in [-0.4, -0.2) is 18.0 Å². The Labute approximate surface area is 148 Å². The van der Waals surface area contributed by atoms with Crippen LogP contribution in [0.15, 0.2) is 60.8 Å². The number of hydrogen-bond donors (Lipinski definition) is 1. The van der Waals surface area contributed by atoms with Crippen LogP contribution in [0, 0.1) is 6.92 Å². The highest BCUT2D eigenvalue weighted by atomic mass is 32.2. The summed E-state index contributed by atoms with van der Waals surface area (Å²) in [6.45, 7) is 2.00. The second-order valence-corrected chi connectivity index (χ2v) is 7.88. The van der Waals surface area contributed by atoms with Crippen molar-refractivity contribution in [3.8, 4) is 11.4 Å². The molecule has 0 amide bonds. The molecule has 130 valence electrons. The first kappa shape index (κ1) is 17.4. The molecule has 0 saturated carbocycles. The molecule has 2 aromatic heterocycles. The molecule has 3 aromatic rings. The quantitative estimate of drug-likeness (QED) is 0.764. The predicted octanol–water partition coefficient (Wildman–Crippen LogP) is 2.97. The topological polar surface area (TPSA) is 78.0 Å². The van der Waals surface area contributed by atoms with Gasteiger partial charge < -0.3 is 4.57 Å². The zero-order chi connectivity index (χ0) is 18.0. The molecule has 5 nitrogen and oxygen atoms in total. The van der Waals surface area contributed by atoms with Crippen LogP contribution in [0.4, 0.5) is 0 Å². The van der Waals surface area contributed by atoms with E-state index in [4.69, 9.17) is 5.14 Å². The summed E-state index contributed by atoms with van der Waals surface area (Å²) in [6.07, 6.45) is 2.06. The largest absolute Gasteiger partial charge is 0.346 e. The summed E-state index contributed by atoms with van der Waals surface area (Å²) in [5.41, 5.74) is 4.50. The number of sulfonamides is 1. The molecule has 1 unspecified atom stereocenters. The maximum Gasteiger partial charge on any atom is 0.216 e. The first-order valence-corrected chi connectivity index (χ1v) is 9.62. The summed E-state index contributed by atoms with van der Waals surface area (Å²) in [7, 11) is -1.80. The van der Waals surface area contributed by atoms with Crippen molar-refractivity contribution in [3.05, 3.63) is 77.6 Å². The van der Waals surface area contributed by atoms with Crippen LogP contribution in [0.25, 0.3) is 11.4 Å². The molecule has 3 rings (SSSR count). The minimum Gasteiger partial charge on any atom is -0.346 e. The van der Waals surface area contributed by atoms with E-state index in [2.05, 4.69) is 4.98 Å². The van der Waals surface area contributed by atoms with Crippen LogP contribution >= 0.6 is 0 Å². The monoisotopic (exact) mass is 355 g/mol. The maximum absolute atomic E-state index is 12.2. The number of benzene rings is 1. The summed E-state index contributed by atoms with van der Waals surface area (Å²) in [4.78, 5) is 4.41. The summed E-state index contributed by atoms with van der Waals surface area (Å²) >= 11 is 0. The molecule has 0 spiro atoms. The summed E-state index contributed by atoms with van der Waals surface area (Å²) in [5, 5.41) is 4.74. The fourth-order valence-corrected chi connectivity index (χ4v) is 4.12. The average molecular weight is 355 g/mol. The molecule has 0 radical (unpaired) electrons. The van der Waals surface area contributed by atoms with Crippen molar-refractivity contribution in [1.29, 1.82) is 0 Å². The zero-order valence-corrected chi connectivity index (χ0v) is 15.1. The van der Waals surface area contributed by atoms with E-state index in [0.717, 1.165) is 22.6 Å². The summed E-state index contributed by atoms with van der Waals surface area (Å²) < 4.78 is 26.3. The van der Waals surface area contributed by atoms with Crippen molar-refractivity contribution >= 4 is 10.0 Å². The molecule has 6 heteroatoms. The van der Waals surface area contributed by atoms with E-state index < -0.39 is 15.3 Å². The van der Waals surface area contributed by atoms with Crippen molar-refractivity contribution < 1.29 is 8.42 Å². The molecule has 25 heavy (non-hydrogen) atoms. The Hall–Kier alpha value is -2.44. The predicted molar refractivity (Wildman–Crippen MR) is 99.4 cm³/mol. The smallest absolute Gasteiger partial charge is 0.216 e. The van der Waals surface area contributed by atoms with Gasteiger partial charge in [-0.05, 0) is 36.2 Å². The Bertz CT molecular complexity index is 965. The lowest BCUT2D eigenvalue weighted by Crippen LogP contribution is -2.24. The lowest BCUT2D eigenvalue weighted by molar-refractivity contribution is 0.580. The van der Waals surface area contributed by atoms with Crippen LogP contribution in [0.2, 0.25) is 0 Å². The molecule has 0 aliphatic carbocycles. The molecule has 0 bridgehead atoms. The number of primary sulfonamides is 1. The first-order valence-electron chi connectivity index (χ1n) is 8.01. The van der Waals surface area contributed by atoms with Gasteiger partial charge in [-0.3, -0.25) is 4.98 Å².